The lowest BCUT2D eigenvalue weighted by Crippen LogP contribution is -3.28. The van der Waals surface area contributed by atoms with E-state index in [-0.39, 0.29) is 5.91 Å². The predicted molar refractivity (Wildman–Crippen MR) is 112 cm³/mol. The van der Waals surface area contributed by atoms with E-state index in [2.05, 4.69) is 18.2 Å². The summed E-state index contributed by atoms with van der Waals surface area (Å²) in [6.45, 7) is 6.01. The topological polar surface area (TPSA) is 62.2 Å². The minimum atomic E-state index is 0.0973. The van der Waals surface area contributed by atoms with Gasteiger partial charge in [0.2, 0.25) is 0 Å². The molecule has 1 saturated heterocycles. The highest BCUT2D eigenvalue weighted by molar-refractivity contribution is 5.94. The molecule has 0 bridgehead atoms. The number of hydrogen-bond acceptors (Lipinski definition) is 3. The molecule has 0 atom stereocenters. The second-order valence-electron chi connectivity index (χ2n) is 7.49. The van der Waals surface area contributed by atoms with Gasteiger partial charge in [0.05, 0.1) is 19.6 Å². The van der Waals surface area contributed by atoms with Crippen molar-refractivity contribution in [3.05, 3.63) is 60.2 Å². The zero-order chi connectivity index (χ0) is 20.5. The number of benzene rings is 2. The molecule has 1 amide bonds. The summed E-state index contributed by atoms with van der Waals surface area (Å²) >= 11 is 0. The summed E-state index contributed by atoms with van der Waals surface area (Å²) in [6, 6.07) is 20.1. The zero-order valence-electron chi connectivity index (χ0n) is 17.1. The maximum Gasteiger partial charge on any atom is 0.282 e. The Balaban J connectivity index is 1.50. The number of para-hydroxylation sites is 1. The first-order valence-electron chi connectivity index (χ1n) is 10.2. The number of carbonyl (C=O) groups excluding carboxylic acids is 1. The summed E-state index contributed by atoms with van der Waals surface area (Å²) in [5, 5.41) is 8.94. The number of amides is 1. The summed E-state index contributed by atoms with van der Waals surface area (Å²) in [5.74, 6) is 0.982. The molecule has 3 rings (SSSR count). The van der Waals surface area contributed by atoms with Crippen LogP contribution in [0.2, 0.25) is 0 Å². The van der Waals surface area contributed by atoms with E-state index in [1.807, 2.05) is 42.5 Å². The Morgan fingerprint density at radius 2 is 1.69 bits per heavy atom. The quantitative estimate of drug-likeness (QED) is 0.659. The number of methoxy groups -OCH3 is 1. The molecule has 2 aromatic carbocycles. The fourth-order valence-corrected chi connectivity index (χ4v) is 3.82. The van der Waals surface area contributed by atoms with Crippen molar-refractivity contribution in [1.29, 1.82) is 5.26 Å². The molecule has 1 heterocycles. The van der Waals surface area contributed by atoms with Crippen LogP contribution in [-0.4, -0.2) is 52.3 Å². The van der Waals surface area contributed by atoms with Gasteiger partial charge in [0.15, 0.2) is 6.54 Å². The van der Waals surface area contributed by atoms with Crippen molar-refractivity contribution in [3.63, 3.8) is 0 Å². The molecule has 0 radical (unpaired) electrons. The first-order chi connectivity index (χ1) is 14.2. The Hall–Kier alpha value is -2.88. The average molecular weight is 395 g/mol. The van der Waals surface area contributed by atoms with Gasteiger partial charge in [0.1, 0.15) is 38.5 Å². The minimum absolute atomic E-state index is 0.0973. The van der Waals surface area contributed by atoms with Gasteiger partial charge in [-0.2, -0.15) is 5.26 Å². The molecule has 6 nitrogen and oxygen atoms in total. The van der Waals surface area contributed by atoms with Gasteiger partial charge in [0.25, 0.3) is 5.91 Å². The Morgan fingerprint density at radius 3 is 2.31 bits per heavy atom. The van der Waals surface area contributed by atoms with Gasteiger partial charge in [-0.1, -0.05) is 18.2 Å². The summed E-state index contributed by atoms with van der Waals surface area (Å²) in [5.41, 5.74) is 2.18. The van der Waals surface area contributed by atoms with E-state index in [0.717, 1.165) is 44.2 Å². The number of nitrogens with zero attached hydrogens (tertiary/aromatic N) is 2. The molecule has 1 aliphatic heterocycles. The number of anilines is 1. The molecule has 0 aromatic heterocycles. The highest BCUT2D eigenvalue weighted by atomic mass is 16.5. The molecule has 2 aromatic rings. The summed E-state index contributed by atoms with van der Waals surface area (Å²) in [4.78, 5) is 17.6. The van der Waals surface area contributed by atoms with Crippen molar-refractivity contribution in [2.24, 2.45) is 0 Å². The fraction of sp³-hybridized carbons (Fsp3) is 0.391. The second kappa shape index (κ2) is 10.6. The van der Waals surface area contributed by atoms with Crippen LogP contribution in [0.1, 0.15) is 12.0 Å². The van der Waals surface area contributed by atoms with Gasteiger partial charge in [-0.15, -0.1) is 0 Å². The Bertz CT molecular complexity index is 809. The highest BCUT2D eigenvalue weighted by Gasteiger charge is 2.27. The van der Waals surface area contributed by atoms with E-state index in [9.17, 15) is 4.79 Å². The molecule has 152 valence electrons. The van der Waals surface area contributed by atoms with E-state index in [4.69, 9.17) is 10.00 Å². The summed E-state index contributed by atoms with van der Waals surface area (Å²) < 4.78 is 5.22. The Kier molecular flexibility index (Phi) is 7.62. The van der Waals surface area contributed by atoms with Crippen LogP contribution >= 0.6 is 0 Å². The van der Waals surface area contributed by atoms with E-state index in [1.165, 1.54) is 10.5 Å². The van der Waals surface area contributed by atoms with Crippen molar-refractivity contribution < 1.29 is 19.3 Å². The third kappa shape index (κ3) is 6.05. The smallest absolute Gasteiger partial charge is 0.282 e. The first-order valence-corrected chi connectivity index (χ1v) is 10.2. The summed E-state index contributed by atoms with van der Waals surface area (Å²) in [7, 11) is 1.68. The van der Waals surface area contributed by atoms with Crippen LogP contribution in [0.25, 0.3) is 0 Å². The molecule has 0 saturated carbocycles. The molecule has 1 aliphatic rings. The number of carbonyl (C=O) groups is 1. The monoisotopic (exact) mass is 394 g/mol. The number of hydrogen-bond donors (Lipinski definition) is 2. The van der Waals surface area contributed by atoms with Crippen molar-refractivity contribution in [3.8, 4) is 11.8 Å². The average Bonchev–Trinajstić information content (AvgIpc) is 2.77. The molecule has 2 N–H and O–H groups in total. The molecule has 0 aliphatic carbocycles. The van der Waals surface area contributed by atoms with Crippen LogP contribution in [0.3, 0.4) is 0 Å². The first kappa shape index (κ1) is 20.8. The number of nitrogens with one attached hydrogen (secondary N) is 2. The van der Waals surface area contributed by atoms with E-state index in [1.54, 1.807) is 16.9 Å². The fourth-order valence-electron chi connectivity index (χ4n) is 3.82. The van der Waals surface area contributed by atoms with Crippen LogP contribution in [-0.2, 0) is 11.3 Å². The largest absolute Gasteiger partial charge is 0.497 e. The second-order valence-corrected chi connectivity index (χ2v) is 7.49. The lowest BCUT2D eigenvalue weighted by atomic mass is 10.2. The van der Waals surface area contributed by atoms with Gasteiger partial charge in [-0.3, -0.25) is 4.79 Å². The van der Waals surface area contributed by atoms with Crippen LogP contribution < -0.4 is 19.4 Å². The van der Waals surface area contributed by atoms with E-state index in [0.29, 0.717) is 19.5 Å². The molecule has 29 heavy (non-hydrogen) atoms. The maximum absolute atomic E-state index is 12.9. The number of piperazine rings is 1. The number of quaternary nitrogens is 2. The van der Waals surface area contributed by atoms with Crippen molar-refractivity contribution in [2.75, 3.05) is 51.3 Å². The van der Waals surface area contributed by atoms with Crippen molar-refractivity contribution >= 4 is 11.6 Å². The zero-order valence-corrected chi connectivity index (χ0v) is 17.1. The van der Waals surface area contributed by atoms with E-state index >= 15 is 0 Å². The van der Waals surface area contributed by atoms with Crippen LogP contribution in [0, 0.1) is 11.3 Å². The molecular formula is C23H30N4O2+2. The van der Waals surface area contributed by atoms with Crippen LogP contribution in [0.15, 0.2) is 54.6 Å². The lowest BCUT2D eigenvalue weighted by Gasteiger charge is -2.31. The number of ether oxygens (including phenoxy) is 1. The van der Waals surface area contributed by atoms with Gasteiger partial charge in [-0.05, 0) is 36.4 Å². The normalized spacial score (nSPS) is 18.6. The molecule has 1 fully saturated rings. The third-order valence-corrected chi connectivity index (χ3v) is 5.49. The molecular weight excluding hydrogens is 364 g/mol. The molecule has 0 unspecified atom stereocenters. The Labute approximate surface area is 172 Å². The van der Waals surface area contributed by atoms with Crippen LogP contribution in [0.4, 0.5) is 5.69 Å². The van der Waals surface area contributed by atoms with Crippen LogP contribution in [0.5, 0.6) is 5.75 Å². The van der Waals surface area contributed by atoms with Gasteiger partial charge >= 0.3 is 0 Å². The summed E-state index contributed by atoms with van der Waals surface area (Å²) in [6.07, 6.45) is 0.343. The SMILES string of the molecule is COc1ccc(C[NH+]2CC[NH+](CC(=O)N(CCC#N)c3ccccc3)CC2)cc1. The Morgan fingerprint density at radius 1 is 1.03 bits per heavy atom. The highest BCUT2D eigenvalue weighted by Crippen LogP contribution is 2.13. The minimum Gasteiger partial charge on any atom is -0.497 e. The van der Waals surface area contributed by atoms with Crippen molar-refractivity contribution in [1.82, 2.24) is 0 Å². The third-order valence-electron chi connectivity index (χ3n) is 5.49. The van der Waals surface area contributed by atoms with Gasteiger partial charge in [0, 0.05) is 17.8 Å². The standard InChI is InChI=1S/C23H28N4O2/c1-29-22-10-8-20(9-11-22)18-25-14-16-26(17-15-25)19-23(28)27(13-5-12-24)21-6-3-2-4-7-21/h2-4,6-11H,5,13-19H2,1H3/p+2. The number of nitriles is 1. The van der Waals surface area contributed by atoms with Crippen molar-refractivity contribution in [2.45, 2.75) is 13.0 Å². The lowest BCUT2D eigenvalue weighted by molar-refractivity contribution is -1.02. The maximum atomic E-state index is 12.9. The van der Waals surface area contributed by atoms with E-state index < -0.39 is 0 Å². The molecule has 6 heteroatoms. The molecule has 0 spiro atoms. The van der Waals surface area contributed by atoms with Gasteiger partial charge < -0.3 is 19.4 Å². The van der Waals surface area contributed by atoms with Gasteiger partial charge in [-0.25, -0.2) is 0 Å². The number of rotatable bonds is 8. The predicted octanol–water partition coefficient (Wildman–Crippen LogP) is -0.0745.